The summed E-state index contributed by atoms with van der Waals surface area (Å²) in [6.07, 6.45) is 4.44. The fraction of sp³-hybridized carbons (Fsp3) is 0.682. The molecule has 2 saturated heterocycles. The first-order valence-corrected chi connectivity index (χ1v) is 11.5. The minimum atomic E-state index is -0.194. The van der Waals surface area contributed by atoms with E-state index in [4.69, 9.17) is 15.5 Å². The van der Waals surface area contributed by atoms with Crippen LogP contribution in [0.3, 0.4) is 0 Å². The molecule has 1 aromatic heterocycles. The van der Waals surface area contributed by atoms with Crippen LogP contribution >= 0.6 is 0 Å². The lowest BCUT2D eigenvalue weighted by atomic mass is 9.96. The molecule has 2 fully saturated rings. The van der Waals surface area contributed by atoms with Crippen molar-refractivity contribution >= 4 is 17.7 Å². The van der Waals surface area contributed by atoms with Crippen molar-refractivity contribution in [3.63, 3.8) is 0 Å². The van der Waals surface area contributed by atoms with E-state index >= 15 is 0 Å². The van der Waals surface area contributed by atoms with Gasteiger partial charge in [0.25, 0.3) is 0 Å². The normalized spacial score (nSPS) is 18.7. The summed E-state index contributed by atoms with van der Waals surface area (Å²) in [5.41, 5.74) is 6.56. The predicted molar refractivity (Wildman–Crippen MR) is 123 cm³/mol. The summed E-state index contributed by atoms with van der Waals surface area (Å²) in [7, 11) is 0. The predicted octanol–water partition coefficient (Wildman–Crippen LogP) is 0.561. The highest BCUT2D eigenvalue weighted by molar-refractivity contribution is 5.79. The van der Waals surface area contributed by atoms with E-state index in [0.717, 1.165) is 95.6 Å². The molecule has 9 nitrogen and oxygen atoms in total. The van der Waals surface area contributed by atoms with Gasteiger partial charge in [0, 0.05) is 56.9 Å². The Hall–Kier alpha value is -2.39. The van der Waals surface area contributed by atoms with Crippen molar-refractivity contribution in [1.82, 2.24) is 20.5 Å². The number of hydrogen-bond acceptors (Lipinski definition) is 6. The highest BCUT2D eigenvalue weighted by Crippen LogP contribution is 2.24. The van der Waals surface area contributed by atoms with Crippen molar-refractivity contribution in [1.29, 1.82) is 0 Å². The van der Waals surface area contributed by atoms with Crippen LogP contribution in [-0.4, -0.2) is 80.8 Å². The quantitative estimate of drug-likeness (QED) is 0.298. The van der Waals surface area contributed by atoms with Crippen LogP contribution in [0.2, 0.25) is 0 Å². The Kier molecular flexibility index (Phi) is 9.36. The number of anilines is 1. The average Bonchev–Trinajstić information content (AvgIpc) is 2.81. The number of hydrogen-bond donors (Lipinski definition) is 3. The standard InChI is InChI=1S/C22H37N7O2/c1-2-24-22(26-9-4-10-28-13-15-31-16-14-28)27-17-19-5-3-8-25-21(19)29-11-6-18(7-12-29)20(23)30/h3,5,8,18H,2,4,6-7,9-17H2,1H3,(H2,23,30)(H2,24,26,27). The molecule has 4 N–H and O–H groups in total. The molecule has 0 radical (unpaired) electrons. The lowest BCUT2D eigenvalue weighted by Gasteiger charge is -2.32. The maximum absolute atomic E-state index is 11.4. The summed E-state index contributed by atoms with van der Waals surface area (Å²) in [6, 6.07) is 4.03. The summed E-state index contributed by atoms with van der Waals surface area (Å²) in [5.74, 6) is 1.56. The number of nitrogens with one attached hydrogen (secondary N) is 2. The number of carbonyl (C=O) groups is 1. The average molecular weight is 432 g/mol. The minimum Gasteiger partial charge on any atom is -0.379 e. The van der Waals surface area contributed by atoms with Gasteiger partial charge in [-0.25, -0.2) is 9.98 Å². The molecule has 3 rings (SSSR count). The number of guanidine groups is 1. The van der Waals surface area contributed by atoms with Gasteiger partial charge < -0.3 is 26.0 Å². The zero-order valence-electron chi connectivity index (χ0n) is 18.7. The second-order valence-electron chi connectivity index (χ2n) is 8.08. The van der Waals surface area contributed by atoms with Crippen LogP contribution in [0.4, 0.5) is 5.82 Å². The molecule has 31 heavy (non-hydrogen) atoms. The third kappa shape index (κ3) is 7.36. The largest absolute Gasteiger partial charge is 0.379 e. The van der Waals surface area contributed by atoms with Crippen molar-refractivity contribution in [2.75, 3.05) is 63.9 Å². The van der Waals surface area contributed by atoms with Crippen LogP contribution in [0.15, 0.2) is 23.3 Å². The molecule has 0 atom stereocenters. The van der Waals surface area contributed by atoms with Gasteiger partial charge in [-0.15, -0.1) is 0 Å². The number of aromatic nitrogens is 1. The second-order valence-corrected chi connectivity index (χ2v) is 8.08. The molecule has 0 aliphatic carbocycles. The number of nitrogens with zero attached hydrogens (tertiary/aromatic N) is 4. The molecule has 1 amide bonds. The van der Waals surface area contributed by atoms with Crippen molar-refractivity contribution in [3.8, 4) is 0 Å². The van der Waals surface area contributed by atoms with Gasteiger partial charge in [-0.1, -0.05) is 6.07 Å². The first-order chi connectivity index (χ1) is 15.2. The van der Waals surface area contributed by atoms with E-state index in [2.05, 4.69) is 38.4 Å². The van der Waals surface area contributed by atoms with Crippen molar-refractivity contribution in [2.45, 2.75) is 32.7 Å². The first kappa shape index (κ1) is 23.3. The molecule has 172 valence electrons. The number of amides is 1. The summed E-state index contributed by atoms with van der Waals surface area (Å²) >= 11 is 0. The van der Waals surface area contributed by atoms with E-state index in [1.54, 1.807) is 0 Å². The fourth-order valence-corrected chi connectivity index (χ4v) is 4.05. The molecule has 2 aliphatic rings. The van der Waals surface area contributed by atoms with Crippen LogP contribution in [0.25, 0.3) is 0 Å². The minimum absolute atomic E-state index is 0.0246. The van der Waals surface area contributed by atoms with Crippen LogP contribution in [0, 0.1) is 5.92 Å². The van der Waals surface area contributed by atoms with Gasteiger partial charge in [-0.05, 0) is 38.8 Å². The Labute approximate surface area is 185 Å². The summed E-state index contributed by atoms with van der Waals surface area (Å²) in [4.78, 5) is 25.5. The summed E-state index contributed by atoms with van der Waals surface area (Å²) < 4.78 is 5.40. The fourth-order valence-electron chi connectivity index (χ4n) is 4.05. The number of morpholine rings is 1. The van der Waals surface area contributed by atoms with Gasteiger partial charge >= 0.3 is 0 Å². The molecule has 0 spiro atoms. The molecule has 2 aliphatic heterocycles. The van der Waals surface area contributed by atoms with E-state index in [1.807, 2.05) is 12.3 Å². The smallest absolute Gasteiger partial charge is 0.220 e. The number of ether oxygens (including phenoxy) is 1. The van der Waals surface area contributed by atoms with Gasteiger partial charge in [0.2, 0.25) is 5.91 Å². The third-order valence-corrected chi connectivity index (χ3v) is 5.86. The summed E-state index contributed by atoms with van der Waals surface area (Å²) in [5, 5.41) is 6.77. The molecule has 1 aromatic rings. The van der Waals surface area contributed by atoms with Gasteiger partial charge in [0.1, 0.15) is 5.82 Å². The Morgan fingerprint density at radius 1 is 1.26 bits per heavy atom. The van der Waals surface area contributed by atoms with Gasteiger partial charge in [-0.2, -0.15) is 0 Å². The molecular formula is C22H37N7O2. The first-order valence-electron chi connectivity index (χ1n) is 11.5. The molecular weight excluding hydrogens is 394 g/mol. The van der Waals surface area contributed by atoms with Gasteiger partial charge in [-0.3, -0.25) is 9.69 Å². The lowest BCUT2D eigenvalue weighted by molar-refractivity contribution is -0.122. The number of nitrogens with two attached hydrogens (primary N) is 1. The van der Waals surface area contributed by atoms with Crippen molar-refractivity contribution in [3.05, 3.63) is 23.9 Å². The number of carbonyl (C=O) groups excluding carboxylic acids is 1. The SMILES string of the molecule is CCNC(=NCc1cccnc1N1CCC(C(N)=O)CC1)NCCCN1CCOCC1. The number of piperidine rings is 1. The van der Waals surface area contributed by atoms with Crippen molar-refractivity contribution in [2.24, 2.45) is 16.6 Å². The number of aliphatic imine (C=N–C) groups is 1. The van der Waals surface area contributed by atoms with E-state index in [0.29, 0.717) is 6.54 Å². The second kappa shape index (κ2) is 12.5. The van der Waals surface area contributed by atoms with Gasteiger partial charge in [0.05, 0.1) is 19.8 Å². The van der Waals surface area contributed by atoms with E-state index < -0.39 is 0 Å². The highest BCUT2D eigenvalue weighted by Gasteiger charge is 2.24. The van der Waals surface area contributed by atoms with E-state index in [1.165, 1.54) is 0 Å². The van der Waals surface area contributed by atoms with Crippen LogP contribution in [0.1, 0.15) is 31.7 Å². The Balaban J connectivity index is 1.52. The van der Waals surface area contributed by atoms with Crippen LogP contribution in [-0.2, 0) is 16.1 Å². The Bertz CT molecular complexity index is 714. The molecule has 9 heteroatoms. The highest BCUT2D eigenvalue weighted by atomic mass is 16.5. The Morgan fingerprint density at radius 3 is 2.74 bits per heavy atom. The number of rotatable bonds is 9. The number of primary amides is 1. The topological polar surface area (TPSA) is 108 Å². The summed E-state index contributed by atoms with van der Waals surface area (Å²) in [6.45, 7) is 10.7. The molecule has 3 heterocycles. The number of pyridine rings is 1. The molecule has 0 saturated carbocycles. The van der Waals surface area contributed by atoms with Gasteiger partial charge in [0.15, 0.2) is 5.96 Å². The zero-order valence-corrected chi connectivity index (χ0v) is 18.7. The van der Waals surface area contributed by atoms with E-state index in [9.17, 15) is 4.79 Å². The maximum Gasteiger partial charge on any atom is 0.220 e. The molecule has 0 aromatic carbocycles. The maximum atomic E-state index is 11.4. The van der Waals surface area contributed by atoms with Crippen LogP contribution in [0.5, 0.6) is 0 Å². The third-order valence-electron chi connectivity index (χ3n) is 5.86. The zero-order chi connectivity index (χ0) is 21.9. The van der Waals surface area contributed by atoms with E-state index in [-0.39, 0.29) is 11.8 Å². The monoisotopic (exact) mass is 431 g/mol. The molecule has 0 unspecified atom stereocenters. The lowest BCUT2D eigenvalue weighted by Crippen LogP contribution is -2.41. The Morgan fingerprint density at radius 2 is 2.03 bits per heavy atom. The van der Waals surface area contributed by atoms with Crippen LogP contribution < -0.4 is 21.3 Å². The molecule has 0 bridgehead atoms. The van der Waals surface area contributed by atoms with Crippen molar-refractivity contribution < 1.29 is 9.53 Å².